The van der Waals surface area contributed by atoms with Gasteiger partial charge in [-0.2, -0.15) is 5.26 Å². The molecule has 1 aromatic carbocycles. The molecule has 2 aromatic rings. The number of furan rings is 1. The predicted octanol–water partition coefficient (Wildman–Crippen LogP) is 2.41. The SMILES string of the molecule is CCOC(=O)c1ccc(N2CC(C(=O)Nc3oc(C)c(C(=O)OC)c3C#N)CC2=O)cc1. The molecule has 1 unspecified atom stereocenters. The Labute approximate surface area is 183 Å². The van der Waals surface area contributed by atoms with E-state index in [0.29, 0.717) is 11.3 Å². The molecule has 1 N–H and O–H groups in total. The third-order valence-corrected chi connectivity index (χ3v) is 5.01. The Morgan fingerprint density at radius 1 is 1.25 bits per heavy atom. The van der Waals surface area contributed by atoms with Gasteiger partial charge in [0.05, 0.1) is 25.2 Å². The molecule has 0 bridgehead atoms. The van der Waals surface area contributed by atoms with Crippen LogP contribution in [0.2, 0.25) is 0 Å². The van der Waals surface area contributed by atoms with E-state index in [0.717, 1.165) is 0 Å². The number of nitrogens with one attached hydrogen (secondary N) is 1. The molecule has 32 heavy (non-hydrogen) atoms. The van der Waals surface area contributed by atoms with Crippen molar-refractivity contribution in [2.24, 2.45) is 5.92 Å². The van der Waals surface area contributed by atoms with Crippen LogP contribution in [0.1, 0.15) is 45.4 Å². The number of nitriles is 1. The minimum atomic E-state index is -0.753. The summed E-state index contributed by atoms with van der Waals surface area (Å²) in [6.45, 7) is 3.55. The molecule has 1 aliphatic heterocycles. The molecular formula is C22H21N3O7. The Morgan fingerprint density at radius 2 is 1.94 bits per heavy atom. The van der Waals surface area contributed by atoms with Crippen molar-refractivity contribution >= 4 is 35.3 Å². The summed E-state index contributed by atoms with van der Waals surface area (Å²) in [6.07, 6.45) is -0.0447. The lowest BCUT2D eigenvalue weighted by atomic mass is 10.1. The second-order valence-corrected chi connectivity index (χ2v) is 7.00. The molecule has 3 rings (SSSR count). The first-order valence-electron chi connectivity index (χ1n) is 9.80. The highest BCUT2D eigenvalue weighted by atomic mass is 16.5. The van der Waals surface area contributed by atoms with Crippen LogP contribution < -0.4 is 10.2 Å². The van der Waals surface area contributed by atoms with E-state index in [1.165, 1.54) is 18.9 Å². The van der Waals surface area contributed by atoms with Gasteiger partial charge in [-0.3, -0.25) is 14.9 Å². The van der Waals surface area contributed by atoms with Crippen molar-refractivity contribution in [1.82, 2.24) is 0 Å². The number of aryl methyl sites for hydroxylation is 1. The highest BCUT2D eigenvalue weighted by molar-refractivity contribution is 6.04. The molecule has 0 saturated carbocycles. The number of esters is 2. The molecule has 10 heteroatoms. The summed E-state index contributed by atoms with van der Waals surface area (Å²) in [5.41, 5.74) is 0.697. The van der Waals surface area contributed by atoms with Crippen molar-refractivity contribution in [3.8, 4) is 6.07 Å². The molecule has 1 aliphatic rings. The first kappa shape index (κ1) is 22.6. The molecular weight excluding hydrogens is 418 g/mol. The lowest BCUT2D eigenvalue weighted by Crippen LogP contribution is -2.28. The highest BCUT2D eigenvalue weighted by Crippen LogP contribution is 2.30. The summed E-state index contributed by atoms with van der Waals surface area (Å²) >= 11 is 0. The average Bonchev–Trinajstić information content (AvgIpc) is 3.32. The van der Waals surface area contributed by atoms with Gasteiger partial charge in [0.1, 0.15) is 23.0 Å². The third-order valence-electron chi connectivity index (χ3n) is 5.01. The van der Waals surface area contributed by atoms with Gasteiger partial charge in [0.25, 0.3) is 0 Å². The maximum absolute atomic E-state index is 12.7. The van der Waals surface area contributed by atoms with Crippen LogP contribution in [-0.2, 0) is 19.1 Å². The summed E-state index contributed by atoms with van der Waals surface area (Å²) in [5, 5.41) is 11.9. The number of hydrogen-bond acceptors (Lipinski definition) is 8. The standard InChI is InChI=1S/C22H21N3O7/c1-4-31-21(28)13-5-7-15(8-6-13)25-11-14(9-17(25)26)19(27)24-20-16(10-23)18(12(2)32-20)22(29)30-3/h5-8,14H,4,9,11H2,1-3H3,(H,24,27). The van der Waals surface area contributed by atoms with Crippen molar-refractivity contribution < 1.29 is 33.1 Å². The molecule has 0 radical (unpaired) electrons. The smallest absolute Gasteiger partial charge is 0.342 e. The second kappa shape index (κ2) is 9.34. The van der Waals surface area contributed by atoms with Gasteiger partial charge < -0.3 is 18.8 Å². The van der Waals surface area contributed by atoms with Crippen LogP contribution in [0, 0.1) is 24.2 Å². The number of hydrogen-bond donors (Lipinski definition) is 1. The van der Waals surface area contributed by atoms with Crippen molar-refractivity contribution in [3.63, 3.8) is 0 Å². The van der Waals surface area contributed by atoms with Crippen LogP contribution >= 0.6 is 0 Å². The second-order valence-electron chi connectivity index (χ2n) is 7.00. The number of methoxy groups -OCH3 is 1. The van der Waals surface area contributed by atoms with Gasteiger partial charge in [0.2, 0.25) is 17.7 Å². The quantitative estimate of drug-likeness (QED) is 0.677. The zero-order chi connectivity index (χ0) is 23.4. The number of rotatable bonds is 6. The molecule has 1 aromatic heterocycles. The van der Waals surface area contributed by atoms with Crippen LogP contribution in [0.25, 0.3) is 0 Å². The number of nitrogens with zero attached hydrogens (tertiary/aromatic N) is 2. The van der Waals surface area contributed by atoms with Gasteiger partial charge >= 0.3 is 11.9 Å². The monoisotopic (exact) mass is 439 g/mol. The van der Waals surface area contributed by atoms with E-state index in [9.17, 15) is 24.4 Å². The number of amides is 2. The number of carbonyl (C=O) groups is 4. The van der Waals surface area contributed by atoms with Crippen LogP contribution in [0.5, 0.6) is 0 Å². The number of benzene rings is 1. The molecule has 1 saturated heterocycles. The molecule has 1 atom stereocenters. The van der Waals surface area contributed by atoms with Gasteiger partial charge in [-0.05, 0) is 38.1 Å². The summed E-state index contributed by atoms with van der Waals surface area (Å²) in [7, 11) is 1.17. The molecule has 0 aliphatic carbocycles. The largest absolute Gasteiger partial charge is 0.465 e. The van der Waals surface area contributed by atoms with E-state index < -0.39 is 23.8 Å². The van der Waals surface area contributed by atoms with Crippen molar-refractivity contribution in [3.05, 3.63) is 46.7 Å². The Morgan fingerprint density at radius 3 is 2.53 bits per heavy atom. The fraction of sp³-hybridized carbons (Fsp3) is 0.318. The van der Waals surface area contributed by atoms with Gasteiger partial charge in [-0.15, -0.1) is 0 Å². The van der Waals surface area contributed by atoms with Crippen LogP contribution in [0.4, 0.5) is 11.6 Å². The normalized spacial score (nSPS) is 15.2. The summed E-state index contributed by atoms with van der Waals surface area (Å²) < 4.78 is 15.0. The molecule has 10 nitrogen and oxygen atoms in total. The van der Waals surface area contributed by atoms with Crippen LogP contribution in [0.3, 0.4) is 0 Å². The van der Waals surface area contributed by atoms with E-state index >= 15 is 0 Å². The van der Waals surface area contributed by atoms with E-state index in [1.54, 1.807) is 31.2 Å². The lowest BCUT2D eigenvalue weighted by Gasteiger charge is -2.17. The Hall–Kier alpha value is -4.13. The minimum Gasteiger partial charge on any atom is -0.465 e. The first-order valence-corrected chi connectivity index (χ1v) is 9.80. The third kappa shape index (κ3) is 4.32. The molecule has 0 spiro atoms. The van der Waals surface area contributed by atoms with Crippen LogP contribution in [0.15, 0.2) is 28.7 Å². The molecule has 2 amide bonds. The number of anilines is 2. The molecule has 1 fully saturated rings. The van der Waals surface area contributed by atoms with Crippen LogP contribution in [-0.4, -0.2) is 44.0 Å². The Balaban J connectivity index is 1.73. The van der Waals surface area contributed by atoms with Crippen molar-refractivity contribution in [2.75, 3.05) is 30.5 Å². The Kier molecular flexibility index (Phi) is 6.59. The maximum atomic E-state index is 12.7. The van der Waals surface area contributed by atoms with Gasteiger partial charge in [-0.25, -0.2) is 9.59 Å². The fourth-order valence-corrected chi connectivity index (χ4v) is 3.43. The minimum absolute atomic E-state index is 0.0447. The number of ether oxygens (including phenoxy) is 2. The zero-order valence-corrected chi connectivity index (χ0v) is 17.8. The van der Waals surface area contributed by atoms with Gasteiger partial charge in [0, 0.05) is 18.7 Å². The fourth-order valence-electron chi connectivity index (χ4n) is 3.43. The predicted molar refractivity (Wildman–Crippen MR) is 111 cm³/mol. The van der Waals surface area contributed by atoms with E-state index in [4.69, 9.17) is 9.15 Å². The average molecular weight is 439 g/mol. The summed E-state index contributed by atoms with van der Waals surface area (Å²) in [6, 6.07) is 8.15. The molecule has 2 heterocycles. The van der Waals surface area contributed by atoms with Gasteiger partial charge in [-0.1, -0.05) is 0 Å². The Bertz CT molecular complexity index is 1110. The maximum Gasteiger partial charge on any atom is 0.342 e. The van der Waals surface area contributed by atoms with E-state index in [1.807, 2.05) is 6.07 Å². The molecule has 166 valence electrons. The van der Waals surface area contributed by atoms with Gasteiger partial charge in [0.15, 0.2) is 0 Å². The lowest BCUT2D eigenvalue weighted by molar-refractivity contribution is -0.122. The van der Waals surface area contributed by atoms with Crippen molar-refractivity contribution in [2.45, 2.75) is 20.3 Å². The van der Waals surface area contributed by atoms with E-state index in [-0.39, 0.29) is 48.3 Å². The summed E-state index contributed by atoms with van der Waals surface area (Å²) in [4.78, 5) is 50.3. The summed E-state index contributed by atoms with van der Waals surface area (Å²) in [5.74, 6) is -2.74. The number of carbonyl (C=O) groups excluding carboxylic acids is 4. The first-order chi connectivity index (χ1) is 15.3. The zero-order valence-electron chi connectivity index (χ0n) is 17.8. The topological polar surface area (TPSA) is 139 Å². The highest BCUT2D eigenvalue weighted by Gasteiger charge is 2.36. The van der Waals surface area contributed by atoms with E-state index in [2.05, 4.69) is 10.1 Å². The van der Waals surface area contributed by atoms with Crippen molar-refractivity contribution in [1.29, 1.82) is 5.26 Å².